The van der Waals surface area contributed by atoms with Crippen LogP contribution in [-0.2, 0) is 5.41 Å². The molecule has 96 valence electrons. The second-order valence-corrected chi connectivity index (χ2v) is 5.01. The summed E-state index contributed by atoms with van der Waals surface area (Å²) < 4.78 is 0. The van der Waals surface area contributed by atoms with E-state index in [-0.39, 0.29) is 16.9 Å². The lowest BCUT2D eigenvalue weighted by molar-refractivity contribution is 0.474. The number of phenols is 2. The fourth-order valence-electron chi connectivity index (χ4n) is 2.84. The maximum atomic E-state index is 9.44. The van der Waals surface area contributed by atoms with Crippen molar-refractivity contribution >= 4 is 0 Å². The Morgan fingerprint density at radius 2 is 1.21 bits per heavy atom. The lowest BCUT2D eigenvalue weighted by atomic mass is 9.74. The molecule has 0 spiro atoms. The Morgan fingerprint density at radius 1 is 0.737 bits per heavy atom. The summed E-state index contributed by atoms with van der Waals surface area (Å²) in [4.78, 5) is 0. The zero-order valence-corrected chi connectivity index (χ0v) is 10.6. The van der Waals surface area contributed by atoms with E-state index in [2.05, 4.69) is 12.2 Å². The van der Waals surface area contributed by atoms with Crippen LogP contribution in [0.3, 0.4) is 0 Å². The van der Waals surface area contributed by atoms with Gasteiger partial charge in [-0.2, -0.15) is 0 Å². The molecule has 0 aromatic heterocycles. The molecule has 19 heavy (non-hydrogen) atoms. The Morgan fingerprint density at radius 3 is 1.58 bits per heavy atom. The van der Waals surface area contributed by atoms with Gasteiger partial charge in [-0.1, -0.05) is 36.4 Å². The monoisotopic (exact) mass is 252 g/mol. The van der Waals surface area contributed by atoms with Crippen LogP contribution < -0.4 is 0 Å². The van der Waals surface area contributed by atoms with E-state index in [0.717, 1.165) is 12.8 Å². The first kappa shape index (κ1) is 11.8. The molecule has 2 aromatic rings. The topological polar surface area (TPSA) is 40.5 Å². The van der Waals surface area contributed by atoms with Crippen LogP contribution in [0.25, 0.3) is 0 Å². The van der Waals surface area contributed by atoms with Gasteiger partial charge in [0, 0.05) is 5.41 Å². The van der Waals surface area contributed by atoms with Gasteiger partial charge in [0.1, 0.15) is 11.5 Å². The van der Waals surface area contributed by atoms with Gasteiger partial charge in [-0.3, -0.25) is 0 Å². The molecule has 2 aromatic carbocycles. The van der Waals surface area contributed by atoms with Crippen LogP contribution >= 0.6 is 0 Å². The van der Waals surface area contributed by atoms with Crippen LogP contribution in [0.1, 0.15) is 24.0 Å². The molecule has 0 saturated carbocycles. The molecule has 0 atom stereocenters. The number of phenolic OH excluding ortho intramolecular Hbond substituents is 2. The van der Waals surface area contributed by atoms with Gasteiger partial charge in [0.05, 0.1) is 0 Å². The second-order valence-electron chi connectivity index (χ2n) is 5.01. The summed E-state index contributed by atoms with van der Waals surface area (Å²) in [6.07, 6.45) is 6.48. The van der Waals surface area contributed by atoms with E-state index in [1.165, 1.54) is 11.1 Å². The van der Waals surface area contributed by atoms with Crippen molar-refractivity contribution in [2.45, 2.75) is 18.3 Å². The number of benzene rings is 2. The van der Waals surface area contributed by atoms with Crippen molar-refractivity contribution in [1.29, 1.82) is 0 Å². The van der Waals surface area contributed by atoms with E-state index in [0.29, 0.717) is 0 Å². The number of allylic oxidation sites excluding steroid dienone is 2. The van der Waals surface area contributed by atoms with E-state index in [1.54, 1.807) is 24.3 Å². The van der Waals surface area contributed by atoms with Gasteiger partial charge in [-0.05, 0) is 48.2 Å². The van der Waals surface area contributed by atoms with Gasteiger partial charge in [-0.25, -0.2) is 0 Å². The van der Waals surface area contributed by atoms with Crippen molar-refractivity contribution in [3.8, 4) is 11.5 Å². The highest BCUT2D eigenvalue weighted by Crippen LogP contribution is 2.42. The van der Waals surface area contributed by atoms with Crippen LogP contribution in [0, 0.1) is 0 Å². The predicted molar refractivity (Wildman–Crippen MR) is 75.4 cm³/mol. The average Bonchev–Trinajstić information content (AvgIpc) is 2.91. The molecular weight excluding hydrogens is 236 g/mol. The summed E-state index contributed by atoms with van der Waals surface area (Å²) in [5.74, 6) is 0.568. The zero-order valence-electron chi connectivity index (χ0n) is 10.6. The quantitative estimate of drug-likeness (QED) is 0.799. The molecule has 2 nitrogen and oxygen atoms in total. The normalized spacial score (nSPS) is 16.6. The minimum Gasteiger partial charge on any atom is -0.508 e. The van der Waals surface area contributed by atoms with Gasteiger partial charge in [0.2, 0.25) is 0 Å². The standard InChI is InChI=1S/C17H16O2/c18-15-7-3-13(4-8-15)17(11-1-2-12-17)14-5-9-16(19)10-6-14/h1,3-11,18-19H,2,12H2. The van der Waals surface area contributed by atoms with Gasteiger partial charge in [0.25, 0.3) is 0 Å². The molecule has 0 fully saturated rings. The summed E-state index contributed by atoms with van der Waals surface area (Å²) in [6.45, 7) is 0. The van der Waals surface area contributed by atoms with Crippen molar-refractivity contribution < 1.29 is 10.2 Å². The van der Waals surface area contributed by atoms with E-state index >= 15 is 0 Å². The van der Waals surface area contributed by atoms with Crippen LogP contribution in [0.5, 0.6) is 11.5 Å². The smallest absolute Gasteiger partial charge is 0.115 e. The minimum atomic E-state index is -0.137. The van der Waals surface area contributed by atoms with Crippen LogP contribution in [0.4, 0.5) is 0 Å². The van der Waals surface area contributed by atoms with Gasteiger partial charge in [0.15, 0.2) is 0 Å². The summed E-state index contributed by atoms with van der Waals surface area (Å²) in [5.41, 5.74) is 2.20. The molecule has 3 rings (SSSR count). The first-order chi connectivity index (χ1) is 9.21. The van der Waals surface area contributed by atoms with Crippen molar-refractivity contribution in [2.75, 3.05) is 0 Å². The fraction of sp³-hybridized carbons (Fsp3) is 0.176. The highest BCUT2D eigenvalue weighted by atomic mass is 16.3. The maximum absolute atomic E-state index is 9.44. The van der Waals surface area contributed by atoms with Gasteiger partial charge in [-0.15, -0.1) is 0 Å². The average molecular weight is 252 g/mol. The summed E-state index contributed by atoms with van der Waals surface area (Å²) in [7, 11) is 0. The van der Waals surface area contributed by atoms with Crippen molar-refractivity contribution in [3.63, 3.8) is 0 Å². The molecule has 0 aliphatic heterocycles. The Hall–Kier alpha value is -2.22. The Kier molecular flexibility index (Phi) is 2.79. The van der Waals surface area contributed by atoms with E-state index in [4.69, 9.17) is 0 Å². The molecule has 0 amide bonds. The van der Waals surface area contributed by atoms with E-state index < -0.39 is 0 Å². The number of hydrogen-bond acceptors (Lipinski definition) is 2. The molecule has 0 saturated heterocycles. The van der Waals surface area contributed by atoms with E-state index in [9.17, 15) is 10.2 Å². The Balaban J connectivity index is 2.11. The summed E-state index contributed by atoms with van der Waals surface area (Å²) in [5, 5.41) is 18.9. The van der Waals surface area contributed by atoms with Crippen molar-refractivity contribution in [2.24, 2.45) is 0 Å². The Labute approximate surface area is 112 Å². The van der Waals surface area contributed by atoms with E-state index in [1.807, 2.05) is 24.3 Å². The molecule has 0 heterocycles. The summed E-state index contributed by atoms with van der Waals surface area (Å²) in [6, 6.07) is 14.8. The van der Waals surface area contributed by atoms with Crippen LogP contribution in [0.15, 0.2) is 60.7 Å². The molecule has 2 N–H and O–H groups in total. The van der Waals surface area contributed by atoms with Crippen LogP contribution in [0.2, 0.25) is 0 Å². The summed E-state index contributed by atoms with van der Waals surface area (Å²) >= 11 is 0. The first-order valence-corrected chi connectivity index (χ1v) is 6.47. The second kappa shape index (κ2) is 4.47. The fourth-order valence-corrected chi connectivity index (χ4v) is 2.84. The SMILES string of the molecule is Oc1ccc(C2(c3ccc(O)cc3)C=CCC2)cc1. The molecule has 2 heteroatoms. The van der Waals surface area contributed by atoms with Crippen LogP contribution in [-0.4, -0.2) is 10.2 Å². The Bertz CT molecular complexity index is 549. The first-order valence-electron chi connectivity index (χ1n) is 6.47. The van der Waals surface area contributed by atoms with Crippen molar-refractivity contribution in [3.05, 3.63) is 71.8 Å². The predicted octanol–water partition coefficient (Wildman–Crippen LogP) is 3.73. The third kappa shape index (κ3) is 1.99. The molecule has 0 unspecified atom stereocenters. The molecular formula is C17H16O2. The molecule has 0 radical (unpaired) electrons. The minimum absolute atomic E-state index is 0.137. The highest BCUT2D eigenvalue weighted by molar-refractivity contribution is 5.48. The largest absolute Gasteiger partial charge is 0.508 e. The third-order valence-electron chi connectivity index (χ3n) is 3.87. The van der Waals surface area contributed by atoms with Crippen molar-refractivity contribution in [1.82, 2.24) is 0 Å². The number of rotatable bonds is 2. The molecule has 1 aliphatic rings. The number of aromatic hydroxyl groups is 2. The number of hydrogen-bond donors (Lipinski definition) is 2. The molecule has 1 aliphatic carbocycles. The lowest BCUT2D eigenvalue weighted by Crippen LogP contribution is -2.22. The zero-order chi connectivity index (χ0) is 13.3. The highest BCUT2D eigenvalue weighted by Gasteiger charge is 2.33. The maximum Gasteiger partial charge on any atom is 0.115 e. The van der Waals surface area contributed by atoms with Gasteiger partial charge < -0.3 is 10.2 Å². The molecule has 0 bridgehead atoms. The third-order valence-corrected chi connectivity index (χ3v) is 3.87. The lowest BCUT2D eigenvalue weighted by Gasteiger charge is -2.29. The van der Waals surface area contributed by atoms with Gasteiger partial charge >= 0.3 is 0 Å².